The number of nitrogens with zero attached hydrogens (tertiary/aromatic N) is 1. The van der Waals surface area contributed by atoms with Crippen LogP contribution in [0.3, 0.4) is 0 Å². The first-order valence-electron chi connectivity index (χ1n) is 7.60. The molecule has 0 aromatic carbocycles. The average molecular weight is 298 g/mol. The molecule has 20 heavy (non-hydrogen) atoms. The van der Waals surface area contributed by atoms with E-state index < -0.39 is 0 Å². The van der Waals surface area contributed by atoms with E-state index in [9.17, 15) is 9.59 Å². The van der Waals surface area contributed by atoms with E-state index in [0.717, 1.165) is 19.3 Å². The van der Waals surface area contributed by atoms with Gasteiger partial charge < -0.3 is 10.2 Å². The van der Waals surface area contributed by atoms with Gasteiger partial charge in [0.25, 0.3) is 0 Å². The van der Waals surface area contributed by atoms with E-state index in [0.29, 0.717) is 6.54 Å². The molecule has 1 saturated heterocycles. The summed E-state index contributed by atoms with van der Waals surface area (Å²) in [6, 6.07) is -0.685. The van der Waals surface area contributed by atoms with Crippen LogP contribution in [0.2, 0.25) is 0 Å². The quantitative estimate of drug-likeness (QED) is 0.845. The number of rotatable bonds is 5. The van der Waals surface area contributed by atoms with Crippen molar-refractivity contribution in [3.63, 3.8) is 0 Å². The van der Waals surface area contributed by atoms with Crippen LogP contribution < -0.4 is 5.32 Å². The maximum Gasteiger partial charge on any atom is 0.246 e. The molecule has 2 rings (SSSR count). The maximum atomic E-state index is 12.7. The van der Waals surface area contributed by atoms with E-state index in [1.165, 1.54) is 6.42 Å². The molecule has 2 amide bonds. The molecule has 1 saturated carbocycles. The second kappa shape index (κ2) is 5.96. The van der Waals surface area contributed by atoms with Crippen LogP contribution in [0.4, 0.5) is 0 Å². The Morgan fingerprint density at radius 2 is 2.10 bits per heavy atom. The van der Waals surface area contributed by atoms with Crippen molar-refractivity contribution in [1.82, 2.24) is 10.2 Å². The molecule has 1 heterocycles. The first-order chi connectivity index (χ1) is 9.44. The van der Waals surface area contributed by atoms with Gasteiger partial charge >= 0.3 is 0 Å². The number of thioether (sulfide) groups is 1. The fourth-order valence-electron chi connectivity index (χ4n) is 2.99. The molecule has 0 aromatic heterocycles. The van der Waals surface area contributed by atoms with Crippen molar-refractivity contribution < 1.29 is 9.59 Å². The average Bonchev–Trinajstić information content (AvgIpc) is 2.40. The molecule has 3 atom stereocenters. The third-order valence-electron chi connectivity index (χ3n) is 5.06. The molecule has 2 fully saturated rings. The predicted octanol–water partition coefficient (Wildman–Crippen LogP) is 2.03. The lowest BCUT2D eigenvalue weighted by Gasteiger charge is -2.48. The molecule has 114 valence electrons. The highest BCUT2D eigenvalue weighted by molar-refractivity contribution is 8.00. The monoisotopic (exact) mass is 298 g/mol. The van der Waals surface area contributed by atoms with Crippen molar-refractivity contribution in [3.8, 4) is 0 Å². The largest absolute Gasteiger partial charge is 0.342 e. The number of hydrogen-bond acceptors (Lipinski definition) is 3. The summed E-state index contributed by atoms with van der Waals surface area (Å²) < 4.78 is 0.182. The first kappa shape index (κ1) is 15.7. The second-order valence-electron chi connectivity index (χ2n) is 6.25. The van der Waals surface area contributed by atoms with Crippen molar-refractivity contribution in [2.45, 2.75) is 63.3 Å². The normalized spacial score (nSPS) is 30.7. The zero-order chi connectivity index (χ0) is 14.9. The zero-order valence-corrected chi connectivity index (χ0v) is 13.8. The molecule has 1 aliphatic carbocycles. The fourth-order valence-corrected chi connectivity index (χ4v) is 3.96. The van der Waals surface area contributed by atoms with Gasteiger partial charge in [-0.2, -0.15) is 11.8 Å². The molecule has 0 bridgehead atoms. The molecule has 5 heteroatoms. The van der Waals surface area contributed by atoms with Crippen LogP contribution in [-0.4, -0.2) is 46.3 Å². The van der Waals surface area contributed by atoms with Crippen molar-refractivity contribution in [3.05, 3.63) is 0 Å². The van der Waals surface area contributed by atoms with Crippen LogP contribution in [0, 0.1) is 5.92 Å². The van der Waals surface area contributed by atoms with Gasteiger partial charge in [-0.25, -0.2) is 0 Å². The van der Waals surface area contributed by atoms with Gasteiger partial charge in [-0.15, -0.1) is 0 Å². The molecular weight excluding hydrogens is 272 g/mol. The fraction of sp³-hybridized carbons (Fsp3) is 0.867. The predicted molar refractivity (Wildman–Crippen MR) is 82.7 cm³/mol. The van der Waals surface area contributed by atoms with E-state index in [-0.39, 0.29) is 34.6 Å². The number of carbonyl (C=O) groups is 2. The Hall–Kier alpha value is -0.710. The third kappa shape index (κ3) is 2.69. The van der Waals surface area contributed by atoms with Crippen LogP contribution in [0.15, 0.2) is 0 Å². The van der Waals surface area contributed by atoms with Gasteiger partial charge in [-0.3, -0.25) is 9.59 Å². The Morgan fingerprint density at radius 1 is 1.45 bits per heavy atom. The van der Waals surface area contributed by atoms with Crippen LogP contribution in [-0.2, 0) is 9.59 Å². The van der Waals surface area contributed by atoms with E-state index in [1.54, 1.807) is 0 Å². The molecule has 1 aliphatic heterocycles. The van der Waals surface area contributed by atoms with E-state index in [4.69, 9.17) is 0 Å². The maximum absolute atomic E-state index is 12.7. The van der Waals surface area contributed by atoms with Gasteiger partial charge in [0.1, 0.15) is 12.1 Å². The Bertz CT molecular complexity index is 390. The molecule has 1 N–H and O–H groups in total. The van der Waals surface area contributed by atoms with Crippen molar-refractivity contribution >= 4 is 23.6 Å². The number of carbonyl (C=O) groups excluding carboxylic acids is 2. The highest BCUT2D eigenvalue weighted by atomic mass is 32.2. The van der Waals surface area contributed by atoms with Gasteiger partial charge in [-0.1, -0.05) is 26.7 Å². The van der Waals surface area contributed by atoms with Gasteiger partial charge in [0, 0.05) is 11.3 Å². The Labute approximate surface area is 126 Å². The van der Waals surface area contributed by atoms with Crippen molar-refractivity contribution in [2.24, 2.45) is 5.92 Å². The molecule has 3 unspecified atom stereocenters. The minimum Gasteiger partial charge on any atom is -0.342 e. The highest BCUT2D eigenvalue weighted by Crippen LogP contribution is 2.44. The number of nitrogens with one attached hydrogen (secondary N) is 1. The van der Waals surface area contributed by atoms with Crippen molar-refractivity contribution in [2.75, 3.05) is 12.8 Å². The summed E-state index contributed by atoms with van der Waals surface area (Å²) >= 11 is 1.85. The summed E-state index contributed by atoms with van der Waals surface area (Å²) in [5.41, 5.74) is 0. The topological polar surface area (TPSA) is 49.4 Å². The Morgan fingerprint density at radius 3 is 2.55 bits per heavy atom. The van der Waals surface area contributed by atoms with Gasteiger partial charge in [0.15, 0.2) is 0 Å². The first-order valence-corrected chi connectivity index (χ1v) is 8.82. The van der Waals surface area contributed by atoms with E-state index >= 15 is 0 Å². The lowest BCUT2D eigenvalue weighted by atomic mass is 9.82. The number of hydrogen-bond donors (Lipinski definition) is 1. The summed E-state index contributed by atoms with van der Waals surface area (Å²) in [6.07, 6.45) is 6.55. The Balaban J connectivity index is 2.15. The van der Waals surface area contributed by atoms with Gasteiger partial charge in [-0.05, 0) is 31.9 Å². The van der Waals surface area contributed by atoms with Crippen LogP contribution in [0.1, 0.15) is 46.5 Å². The summed E-state index contributed by atoms with van der Waals surface area (Å²) in [6.45, 7) is 6.65. The summed E-state index contributed by atoms with van der Waals surface area (Å²) in [5.74, 6) is 0.283. The lowest BCUT2D eigenvalue weighted by molar-refractivity contribution is -0.150. The molecule has 0 spiro atoms. The van der Waals surface area contributed by atoms with Crippen LogP contribution in [0.25, 0.3) is 0 Å². The minimum absolute atomic E-state index is 0.00882. The molecule has 0 aromatic rings. The minimum atomic E-state index is -0.345. The summed E-state index contributed by atoms with van der Waals surface area (Å²) in [5, 5.41) is 2.90. The number of amides is 2. The van der Waals surface area contributed by atoms with Gasteiger partial charge in [0.05, 0.1) is 0 Å². The lowest BCUT2D eigenvalue weighted by Crippen LogP contribution is -2.66. The summed E-state index contributed by atoms with van der Waals surface area (Å²) in [7, 11) is 0. The van der Waals surface area contributed by atoms with Crippen molar-refractivity contribution in [1.29, 1.82) is 0 Å². The summed E-state index contributed by atoms with van der Waals surface area (Å²) in [4.78, 5) is 26.7. The highest BCUT2D eigenvalue weighted by Gasteiger charge is 2.45. The molecule has 4 nitrogen and oxygen atoms in total. The van der Waals surface area contributed by atoms with E-state index in [2.05, 4.69) is 18.5 Å². The van der Waals surface area contributed by atoms with E-state index in [1.807, 2.05) is 30.5 Å². The molecular formula is C15H26N2O2S. The van der Waals surface area contributed by atoms with Crippen LogP contribution in [0.5, 0.6) is 0 Å². The third-order valence-corrected chi connectivity index (χ3v) is 6.47. The molecule has 0 radical (unpaired) electrons. The SMILES string of the molecule is CCC(C)C1NC(=O)C(C)N(CC2(SC)CCC2)C1=O. The second-order valence-corrected chi connectivity index (χ2v) is 7.53. The van der Waals surface area contributed by atoms with Gasteiger partial charge in [0.2, 0.25) is 11.8 Å². The Kier molecular flexibility index (Phi) is 4.67. The smallest absolute Gasteiger partial charge is 0.246 e. The van der Waals surface area contributed by atoms with Crippen LogP contribution >= 0.6 is 11.8 Å². The standard InChI is InChI=1S/C15H26N2O2S/c1-5-10(2)12-14(19)17(11(3)13(18)16-12)9-15(20-4)7-6-8-15/h10-12H,5-9H2,1-4H3,(H,16,18). The number of piperazine rings is 1. The zero-order valence-electron chi connectivity index (χ0n) is 12.9. The molecule has 2 aliphatic rings.